The lowest BCUT2D eigenvalue weighted by molar-refractivity contribution is -0.114. The van der Waals surface area contributed by atoms with Gasteiger partial charge in [0.2, 0.25) is 11.9 Å². The lowest BCUT2D eigenvalue weighted by Gasteiger charge is -2.19. The number of amides is 1. The molecule has 0 saturated heterocycles. The number of carbonyl (C=O) groups excluding carboxylic acids is 1. The van der Waals surface area contributed by atoms with E-state index < -0.39 is 0 Å². The van der Waals surface area contributed by atoms with Crippen molar-refractivity contribution in [1.29, 1.82) is 5.26 Å². The van der Waals surface area contributed by atoms with Gasteiger partial charge < -0.3 is 19.9 Å². The fraction of sp³-hybridized carbons (Fsp3) is 0.360. The van der Waals surface area contributed by atoms with Gasteiger partial charge in [-0.25, -0.2) is 9.97 Å². The van der Waals surface area contributed by atoms with Crippen LogP contribution in [0, 0.1) is 18.3 Å². The maximum absolute atomic E-state index is 11.3. The molecule has 0 radical (unpaired) electrons. The number of hydrogen-bond donors (Lipinski definition) is 2. The second kappa shape index (κ2) is 9.65. The van der Waals surface area contributed by atoms with Crippen LogP contribution in [-0.4, -0.2) is 35.2 Å². The second-order valence-electron chi connectivity index (χ2n) is 9.50. The summed E-state index contributed by atoms with van der Waals surface area (Å²) in [4.78, 5) is 24.6. The van der Waals surface area contributed by atoms with Crippen molar-refractivity contribution in [2.24, 2.45) is 7.05 Å². The molecule has 0 aromatic carbocycles. The maximum Gasteiger partial charge on any atom is 0.222 e. The average Bonchev–Trinajstić information content (AvgIpc) is 3.35. The summed E-state index contributed by atoms with van der Waals surface area (Å²) < 4.78 is 9.83. The monoisotopic (exact) mass is 487 g/mol. The minimum Gasteiger partial charge on any atom is -0.455 e. The van der Waals surface area contributed by atoms with Gasteiger partial charge >= 0.3 is 0 Å². The Morgan fingerprint density at radius 1 is 1.22 bits per heavy atom. The molecule has 1 amide bonds. The van der Waals surface area contributed by atoms with E-state index in [1.807, 2.05) is 29.3 Å². The van der Waals surface area contributed by atoms with E-state index in [-0.39, 0.29) is 11.3 Å². The highest BCUT2D eigenvalue weighted by Crippen LogP contribution is 2.32. The average molecular weight is 488 g/mol. The zero-order chi connectivity index (χ0) is 26.0. The van der Waals surface area contributed by atoms with E-state index in [1.165, 1.54) is 6.92 Å². The summed E-state index contributed by atoms with van der Waals surface area (Å²) in [7, 11) is 1.90. The number of fused-ring (bicyclic) bond motifs is 1. The van der Waals surface area contributed by atoms with E-state index in [0.717, 1.165) is 16.8 Å². The van der Waals surface area contributed by atoms with Gasteiger partial charge in [-0.3, -0.25) is 9.48 Å². The zero-order valence-corrected chi connectivity index (χ0v) is 21.2. The third-order valence-electron chi connectivity index (χ3n) is 5.59. The van der Waals surface area contributed by atoms with Crippen LogP contribution in [0.5, 0.6) is 11.5 Å². The van der Waals surface area contributed by atoms with Gasteiger partial charge in [-0.15, -0.1) is 0 Å². The van der Waals surface area contributed by atoms with Crippen molar-refractivity contribution >= 4 is 34.7 Å². The molecule has 4 heterocycles. The summed E-state index contributed by atoms with van der Waals surface area (Å²) >= 11 is 0. The molecule has 11 nitrogen and oxygen atoms in total. The first-order valence-corrected chi connectivity index (χ1v) is 11.5. The number of aromatic nitrogens is 6. The molecular formula is C25H29N9O2. The van der Waals surface area contributed by atoms with Crippen molar-refractivity contribution in [2.45, 2.75) is 53.0 Å². The number of nitrogens with one attached hydrogen (secondary N) is 2. The zero-order valence-electron chi connectivity index (χ0n) is 21.2. The van der Waals surface area contributed by atoms with E-state index in [2.05, 4.69) is 57.5 Å². The molecular weight excluding hydrogens is 458 g/mol. The topological polar surface area (TPSA) is 136 Å². The highest BCUT2D eigenvalue weighted by Gasteiger charge is 2.22. The van der Waals surface area contributed by atoms with Crippen LogP contribution in [0.3, 0.4) is 0 Å². The van der Waals surface area contributed by atoms with Gasteiger partial charge in [0, 0.05) is 49.0 Å². The number of imidazole rings is 1. The fourth-order valence-electron chi connectivity index (χ4n) is 3.91. The molecule has 0 aliphatic rings. The molecule has 4 rings (SSSR count). The van der Waals surface area contributed by atoms with E-state index >= 15 is 0 Å². The molecule has 0 unspecified atom stereocenters. The highest BCUT2D eigenvalue weighted by molar-refractivity contribution is 5.87. The van der Waals surface area contributed by atoms with Crippen LogP contribution < -0.4 is 15.4 Å². The summed E-state index contributed by atoms with van der Waals surface area (Å²) in [5.74, 6) is 2.51. The molecule has 0 spiro atoms. The lowest BCUT2D eigenvalue weighted by atomic mass is 9.92. The Morgan fingerprint density at radius 3 is 2.69 bits per heavy atom. The first-order chi connectivity index (χ1) is 17.1. The maximum atomic E-state index is 11.3. The minimum atomic E-state index is -0.210. The van der Waals surface area contributed by atoms with E-state index in [9.17, 15) is 4.79 Å². The summed E-state index contributed by atoms with van der Waals surface area (Å²) in [6.07, 6.45) is 3.57. The van der Waals surface area contributed by atoms with Gasteiger partial charge in [-0.05, 0) is 13.0 Å². The lowest BCUT2D eigenvalue weighted by Crippen LogP contribution is -2.18. The predicted octanol–water partition coefficient (Wildman–Crippen LogP) is 4.57. The summed E-state index contributed by atoms with van der Waals surface area (Å²) in [5, 5.41) is 19.6. The van der Waals surface area contributed by atoms with Gasteiger partial charge in [-0.2, -0.15) is 15.3 Å². The Kier molecular flexibility index (Phi) is 6.61. The summed E-state index contributed by atoms with van der Waals surface area (Å²) in [6, 6.07) is 7.53. The van der Waals surface area contributed by atoms with E-state index in [1.54, 1.807) is 24.5 Å². The third kappa shape index (κ3) is 5.12. The van der Waals surface area contributed by atoms with E-state index in [4.69, 9.17) is 10.00 Å². The summed E-state index contributed by atoms with van der Waals surface area (Å²) in [5.41, 5.74) is 3.13. The van der Waals surface area contributed by atoms with Crippen LogP contribution >= 0.6 is 0 Å². The van der Waals surface area contributed by atoms with Gasteiger partial charge in [0.15, 0.2) is 17.2 Å². The number of anilines is 3. The first-order valence-electron chi connectivity index (χ1n) is 11.5. The Balaban J connectivity index is 1.64. The van der Waals surface area contributed by atoms with Gasteiger partial charge in [0.1, 0.15) is 11.6 Å². The number of nitrogens with zero attached hydrogens (tertiary/aromatic N) is 7. The number of pyridine rings is 2. The Hall–Kier alpha value is -4.46. The molecule has 0 aliphatic carbocycles. The molecule has 36 heavy (non-hydrogen) atoms. The van der Waals surface area contributed by atoms with Crippen LogP contribution in [0.1, 0.15) is 45.4 Å². The predicted molar refractivity (Wildman–Crippen MR) is 136 cm³/mol. The molecule has 11 heteroatoms. The highest BCUT2D eigenvalue weighted by atomic mass is 16.5. The molecule has 0 atom stereocenters. The second-order valence-corrected chi connectivity index (χ2v) is 9.50. The number of carbonyl (C=O) groups is 1. The molecule has 4 aromatic heterocycles. The third-order valence-corrected chi connectivity index (χ3v) is 5.59. The number of hydrogen-bond acceptors (Lipinski definition) is 8. The molecule has 0 bridgehead atoms. The van der Waals surface area contributed by atoms with Crippen molar-refractivity contribution < 1.29 is 9.53 Å². The Morgan fingerprint density at radius 2 is 2.00 bits per heavy atom. The standard InChI is InChI=1S/C25H29N9O2/c1-15-18(36-17-8-10-27-20(12-17)29-16(2)35)14-28-23-22(15)33(6)24(31-23)30-21-13-19(25(3,4)5)34(32-21)11-7-9-26/h8,10,12-14H,7,11H2,1-6H3,(H,27,29,35)(H,28,30,31,32). The smallest absolute Gasteiger partial charge is 0.222 e. The normalized spacial score (nSPS) is 11.4. The van der Waals surface area contributed by atoms with Crippen LogP contribution in [0.4, 0.5) is 17.6 Å². The fourth-order valence-corrected chi connectivity index (χ4v) is 3.91. The largest absolute Gasteiger partial charge is 0.455 e. The quantitative estimate of drug-likeness (QED) is 0.387. The van der Waals surface area contributed by atoms with Crippen molar-refractivity contribution in [1.82, 2.24) is 29.3 Å². The van der Waals surface area contributed by atoms with Crippen LogP contribution in [0.2, 0.25) is 0 Å². The molecule has 2 N–H and O–H groups in total. The van der Waals surface area contributed by atoms with Crippen molar-refractivity contribution in [3.8, 4) is 17.6 Å². The van der Waals surface area contributed by atoms with E-state index in [0.29, 0.717) is 47.7 Å². The van der Waals surface area contributed by atoms with Crippen molar-refractivity contribution in [3.63, 3.8) is 0 Å². The number of aryl methyl sites for hydroxylation is 3. The first kappa shape index (κ1) is 24.7. The van der Waals surface area contributed by atoms with Gasteiger partial charge in [0.05, 0.1) is 30.7 Å². The Labute approximate surface area is 209 Å². The molecule has 0 aliphatic heterocycles. The Bertz CT molecular complexity index is 1470. The minimum absolute atomic E-state index is 0.133. The molecule has 186 valence electrons. The van der Waals surface area contributed by atoms with Crippen LogP contribution in [0.15, 0.2) is 30.6 Å². The van der Waals surface area contributed by atoms with Gasteiger partial charge in [-0.1, -0.05) is 20.8 Å². The number of rotatable bonds is 7. The van der Waals surface area contributed by atoms with Crippen molar-refractivity contribution in [2.75, 3.05) is 10.6 Å². The number of ether oxygens (including phenoxy) is 1. The van der Waals surface area contributed by atoms with Crippen molar-refractivity contribution in [3.05, 3.63) is 41.9 Å². The molecule has 0 saturated carbocycles. The number of nitriles is 1. The van der Waals surface area contributed by atoms with Crippen LogP contribution in [0.25, 0.3) is 11.2 Å². The molecule has 4 aromatic rings. The molecule has 0 fully saturated rings. The summed E-state index contributed by atoms with van der Waals surface area (Å²) in [6.45, 7) is 10.2. The van der Waals surface area contributed by atoms with Crippen LogP contribution in [-0.2, 0) is 23.8 Å². The van der Waals surface area contributed by atoms with Gasteiger partial charge in [0.25, 0.3) is 0 Å². The SMILES string of the molecule is CC(=O)Nc1cc(Oc2cnc3nc(Nc4cc(C(C)(C)C)n(CCC#N)n4)n(C)c3c2C)ccn1.